The van der Waals surface area contributed by atoms with Gasteiger partial charge in [-0.25, -0.2) is 0 Å². The molecule has 4 rings (SSSR count). The number of fused-ring (bicyclic) bond motifs is 2. The summed E-state index contributed by atoms with van der Waals surface area (Å²) in [5.74, 6) is -2.43. The summed E-state index contributed by atoms with van der Waals surface area (Å²) in [6.45, 7) is 2.88. The number of ether oxygens (including phenoxy) is 1. The molecule has 2 heterocycles. The van der Waals surface area contributed by atoms with Crippen molar-refractivity contribution in [1.29, 1.82) is 0 Å². The molecule has 2 aliphatic rings. The van der Waals surface area contributed by atoms with E-state index in [1.807, 2.05) is 0 Å². The smallest absolute Gasteiger partial charge is 0.313 e. The summed E-state index contributed by atoms with van der Waals surface area (Å²) in [6.07, 6.45) is 3.03. The molecule has 0 N–H and O–H groups in total. The summed E-state index contributed by atoms with van der Waals surface area (Å²) in [7, 11) is 0. The van der Waals surface area contributed by atoms with Gasteiger partial charge >= 0.3 is 5.97 Å². The normalized spacial score (nSPS) is 16.3. The first-order valence-corrected chi connectivity index (χ1v) is 9.78. The lowest BCUT2D eigenvalue weighted by atomic mass is 9.88. The van der Waals surface area contributed by atoms with Gasteiger partial charge in [-0.05, 0) is 32.0 Å². The highest BCUT2D eigenvalue weighted by atomic mass is 16.5. The van der Waals surface area contributed by atoms with Gasteiger partial charge in [0, 0.05) is 17.7 Å². The van der Waals surface area contributed by atoms with Crippen molar-refractivity contribution in [3.05, 3.63) is 58.5 Å². The van der Waals surface area contributed by atoms with Crippen molar-refractivity contribution in [1.82, 2.24) is 4.90 Å². The van der Waals surface area contributed by atoms with Gasteiger partial charge in [-0.15, -0.1) is 0 Å². The van der Waals surface area contributed by atoms with E-state index < -0.39 is 24.0 Å². The molecule has 0 unspecified atom stereocenters. The number of hydrogen-bond donors (Lipinski definition) is 0. The first-order valence-electron chi connectivity index (χ1n) is 9.78. The number of nitrogens with zero attached hydrogens (tertiary/aromatic N) is 1. The zero-order valence-corrected chi connectivity index (χ0v) is 15.9. The lowest BCUT2D eigenvalue weighted by Crippen LogP contribution is -2.33. The second kappa shape index (κ2) is 8.13. The number of Topliss-reactive ketones (excluding diaryl/α,β-unsaturated/α-hetero) is 1. The quantitative estimate of drug-likeness (QED) is 0.360. The molecule has 0 amide bonds. The van der Waals surface area contributed by atoms with Gasteiger partial charge in [-0.2, -0.15) is 0 Å². The molecule has 1 aromatic heterocycles. The number of likely N-dealkylation sites (tertiary alicyclic amines) is 1. The summed E-state index contributed by atoms with van der Waals surface area (Å²) in [5.41, 5.74) is 0.577. The molecule has 1 aliphatic carbocycles. The standard InChI is InChI=1S/C22H21NO6/c24-17(13-19(25)28-11-10-23-8-4-1-5-9-23)18-12-16-20(26)14-6-2-3-7-15(14)21(27)22(16)29-18/h2-3,6-7,12H,1,4-5,8-11,13H2. The number of furan rings is 1. The molecule has 1 fully saturated rings. The molecule has 0 radical (unpaired) electrons. The maximum Gasteiger partial charge on any atom is 0.313 e. The van der Waals surface area contributed by atoms with Gasteiger partial charge in [0.15, 0.2) is 17.3 Å². The third-order valence-corrected chi connectivity index (χ3v) is 5.30. The van der Waals surface area contributed by atoms with Crippen molar-refractivity contribution in [3.63, 3.8) is 0 Å². The molecule has 1 aromatic carbocycles. The first-order chi connectivity index (χ1) is 14.0. The van der Waals surface area contributed by atoms with Gasteiger partial charge < -0.3 is 9.15 Å². The van der Waals surface area contributed by atoms with Crippen molar-refractivity contribution in [2.75, 3.05) is 26.2 Å². The molecule has 29 heavy (non-hydrogen) atoms. The van der Waals surface area contributed by atoms with Crippen LogP contribution in [0, 0.1) is 0 Å². The minimum atomic E-state index is -0.651. The Hall–Kier alpha value is -3.06. The minimum Gasteiger partial charge on any atom is -0.464 e. The highest BCUT2D eigenvalue weighted by Crippen LogP contribution is 2.30. The zero-order valence-electron chi connectivity index (χ0n) is 15.9. The maximum atomic E-state index is 12.6. The van der Waals surface area contributed by atoms with Gasteiger partial charge in [0.2, 0.25) is 11.6 Å². The summed E-state index contributed by atoms with van der Waals surface area (Å²) in [6, 6.07) is 7.68. The number of piperidine rings is 1. The summed E-state index contributed by atoms with van der Waals surface area (Å²) in [4.78, 5) is 51.7. The molecule has 7 nitrogen and oxygen atoms in total. The van der Waals surface area contributed by atoms with Gasteiger partial charge in [0.05, 0.1) is 5.56 Å². The van der Waals surface area contributed by atoms with Crippen LogP contribution >= 0.6 is 0 Å². The monoisotopic (exact) mass is 395 g/mol. The van der Waals surface area contributed by atoms with Gasteiger partial charge in [0.1, 0.15) is 13.0 Å². The number of ketones is 3. The Morgan fingerprint density at radius 2 is 1.66 bits per heavy atom. The van der Waals surface area contributed by atoms with E-state index in [-0.39, 0.29) is 40.6 Å². The zero-order chi connectivity index (χ0) is 20.4. The average Bonchev–Trinajstić information content (AvgIpc) is 3.19. The molecule has 0 saturated carbocycles. The molecule has 150 valence electrons. The van der Waals surface area contributed by atoms with Crippen LogP contribution in [0.2, 0.25) is 0 Å². The Kier molecular flexibility index (Phi) is 5.40. The van der Waals surface area contributed by atoms with Crippen molar-refractivity contribution < 1.29 is 28.3 Å². The van der Waals surface area contributed by atoms with Crippen LogP contribution in [0.4, 0.5) is 0 Å². The third-order valence-electron chi connectivity index (χ3n) is 5.30. The fraction of sp³-hybridized carbons (Fsp3) is 0.364. The second-order valence-electron chi connectivity index (χ2n) is 7.28. The SMILES string of the molecule is O=C(CC(=O)c1cc2c(o1)C(=O)c1ccccc1C2=O)OCCN1CCCCC1. The van der Waals surface area contributed by atoms with Crippen LogP contribution in [0.5, 0.6) is 0 Å². The van der Waals surface area contributed by atoms with Gasteiger partial charge in [0.25, 0.3) is 0 Å². The van der Waals surface area contributed by atoms with Crippen LogP contribution < -0.4 is 0 Å². The predicted octanol–water partition coefficient (Wildman–Crippen LogP) is 2.66. The van der Waals surface area contributed by atoms with Gasteiger partial charge in [-0.3, -0.25) is 24.1 Å². The number of rotatable bonds is 6. The van der Waals surface area contributed by atoms with Crippen LogP contribution in [0.1, 0.15) is 68.3 Å². The van der Waals surface area contributed by atoms with E-state index in [0.29, 0.717) is 6.54 Å². The summed E-state index contributed by atoms with van der Waals surface area (Å²) >= 11 is 0. The topological polar surface area (TPSA) is 93.9 Å². The van der Waals surface area contributed by atoms with Crippen LogP contribution in [0.15, 0.2) is 34.7 Å². The van der Waals surface area contributed by atoms with Crippen LogP contribution in [0.3, 0.4) is 0 Å². The summed E-state index contributed by atoms with van der Waals surface area (Å²) < 4.78 is 10.5. The van der Waals surface area contributed by atoms with Crippen LogP contribution in [0.25, 0.3) is 0 Å². The molecular formula is C22H21NO6. The van der Waals surface area contributed by atoms with Gasteiger partial charge in [-0.1, -0.05) is 30.7 Å². The molecule has 0 bridgehead atoms. The lowest BCUT2D eigenvalue weighted by Gasteiger charge is -2.25. The fourth-order valence-corrected chi connectivity index (χ4v) is 3.75. The first kappa shape index (κ1) is 19.3. The number of esters is 1. The molecule has 7 heteroatoms. The van der Waals surface area contributed by atoms with E-state index in [1.165, 1.54) is 12.5 Å². The molecular weight excluding hydrogens is 374 g/mol. The van der Waals surface area contributed by atoms with E-state index in [9.17, 15) is 19.2 Å². The molecule has 0 atom stereocenters. The number of benzene rings is 1. The Morgan fingerprint density at radius 1 is 0.966 bits per heavy atom. The van der Waals surface area contributed by atoms with Crippen molar-refractivity contribution in [3.8, 4) is 0 Å². The largest absolute Gasteiger partial charge is 0.464 e. The summed E-state index contributed by atoms with van der Waals surface area (Å²) in [5, 5.41) is 0. The number of carbonyl (C=O) groups excluding carboxylic acids is 4. The van der Waals surface area contributed by atoms with Crippen LogP contribution in [-0.4, -0.2) is 54.5 Å². The second-order valence-corrected chi connectivity index (χ2v) is 7.28. The maximum absolute atomic E-state index is 12.6. The third kappa shape index (κ3) is 3.91. The van der Waals surface area contributed by atoms with E-state index in [4.69, 9.17) is 9.15 Å². The number of carbonyl (C=O) groups is 4. The van der Waals surface area contributed by atoms with E-state index in [1.54, 1.807) is 24.3 Å². The molecule has 1 saturated heterocycles. The van der Waals surface area contributed by atoms with E-state index >= 15 is 0 Å². The van der Waals surface area contributed by atoms with E-state index in [2.05, 4.69) is 4.90 Å². The number of hydrogen-bond acceptors (Lipinski definition) is 7. The highest BCUT2D eigenvalue weighted by Gasteiger charge is 2.34. The molecule has 0 spiro atoms. The van der Waals surface area contributed by atoms with Crippen molar-refractivity contribution >= 4 is 23.3 Å². The Labute approximate surface area is 167 Å². The minimum absolute atomic E-state index is 0.0514. The van der Waals surface area contributed by atoms with Crippen LogP contribution in [-0.2, 0) is 9.53 Å². The Bertz CT molecular complexity index is 930. The molecule has 2 aromatic rings. The predicted molar refractivity (Wildman–Crippen MR) is 102 cm³/mol. The Balaban J connectivity index is 1.38. The highest BCUT2D eigenvalue weighted by molar-refractivity contribution is 6.28. The van der Waals surface area contributed by atoms with Crippen molar-refractivity contribution in [2.45, 2.75) is 25.7 Å². The average molecular weight is 395 g/mol. The Morgan fingerprint density at radius 3 is 2.38 bits per heavy atom. The fourth-order valence-electron chi connectivity index (χ4n) is 3.75. The van der Waals surface area contributed by atoms with Crippen molar-refractivity contribution in [2.24, 2.45) is 0 Å². The van der Waals surface area contributed by atoms with E-state index in [0.717, 1.165) is 25.9 Å². The lowest BCUT2D eigenvalue weighted by molar-refractivity contribution is -0.143. The molecule has 1 aliphatic heterocycles.